The lowest BCUT2D eigenvalue weighted by Crippen LogP contribution is -2.49. The van der Waals surface area contributed by atoms with E-state index in [1.165, 1.54) is 6.07 Å². The van der Waals surface area contributed by atoms with Crippen molar-refractivity contribution in [2.24, 2.45) is 10.4 Å². The number of amides is 1. The van der Waals surface area contributed by atoms with Crippen LogP contribution in [0.25, 0.3) is 0 Å². The highest BCUT2D eigenvalue weighted by Gasteiger charge is 2.42. The van der Waals surface area contributed by atoms with E-state index in [0.717, 1.165) is 31.2 Å². The fraction of sp³-hybridized carbons (Fsp3) is 0.579. The largest absolute Gasteiger partial charge is 0.355 e. The van der Waals surface area contributed by atoms with Crippen LogP contribution in [0.2, 0.25) is 0 Å². The number of nitrogens with one attached hydrogen (secondary N) is 2. The summed E-state index contributed by atoms with van der Waals surface area (Å²) in [6, 6.07) is 5.20. The summed E-state index contributed by atoms with van der Waals surface area (Å²) in [6.07, 6.45) is 3.96. The van der Waals surface area contributed by atoms with Crippen LogP contribution in [0, 0.1) is 18.2 Å². The molecule has 2 N–H and O–H groups in total. The van der Waals surface area contributed by atoms with Crippen LogP contribution in [0.15, 0.2) is 23.2 Å². The van der Waals surface area contributed by atoms with Gasteiger partial charge in [0.1, 0.15) is 5.82 Å². The Bertz CT molecular complexity index is 636. The van der Waals surface area contributed by atoms with Gasteiger partial charge < -0.3 is 15.5 Å². The zero-order chi connectivity index (χ0) is 18.4. The number of hydrogen-bond acceptors (Lipinski definition) is 2. The minimum Gasteiger partial charge on any atom is -0.355 e. The Balaban J connectivity index is 1.95. The van der Waals surface area contributed by atoms with Gasteiger partial charge in [-0.1, -0.05) is 25.0 Å². The Labute approximate surface area is 149 Å². The molecule has 1 fully saturated rings. The molecule has 138 valence electrons. The van der Waals surface area contributed by atoms with Gasteiger partial charge in [-0.05, 0) is 37.0 Å². The Morgan fingerprint density at radius 1 is 1.28 bits per heavy atom. The molecule has 0 aliphatic heterocycles. The number of nitrogens with zero attached hydrogens (tertiary/aromatic N) is 2. The van der Waals surface area contributed by atoms with Crippen LogP contribution >= 0.6 is 0 Å². The number of carbonyl (C=O) groups is 1. The predicted octanol–water partition coefficient (Wildman–Crippen LogP) is 2.45. The van der Waals surface area contributed by atoms with Crippen LogP contribution in [0.3, 0.4) is 0 Å². The van der Waals surface area contributed by atoms with E-state index in [-0.39, 0.29) is 17.1 Å². The molecule has 1 aliphatic rings. The van der Waals surface area contributed by atoms with Gasteiger partial charge in [0.15, 0.2) is 5.96 Å². The van der Waals surface area contributed by atoms with E-state index in [1.54, 1.807) is 39.0 Å². The van der Waals surface area contributed by atoms with Crippen molar-refractivity contribution in [3.8, 4) is 0 Å². The van der Waals surface area contributed by atoms with Gasteiger partial charge in [0.2, 0.25) is 5.91 Å². The molecular formula is C19H29FN4O. The number of rotatable bonds is 5. The van der Waals surface area contributed by atoms with Gasteiger partial charge in [-0.3, -0.25) is 9.79 Å². The molecule has 0 heterocycles. The van der Waals surface area contributed by atoms with Gasteiger partial charge in [-0.25, -0.2) is 4.39 Å². The summed E-state index contributed by atoms with van der Waals surface area (Å²) < 4.78 is 13.6. The second kappa shape index (κ2) is 8.32. The van der Waals surface area contributed by atoms with E-state index in [1.807, 2.05) is 6.07 Å². The molecule has 1 amide bonds. The third kappa shape index (κ3) is 4.71. The van der Waals surface area contributed by atoms with Crippen LogP contribution in [0.4, 0.5) is 4.39 Å². The molecule has 0 radical (unpaired) electrons. The summed E-state index contributed by atoms with van der Waals surface area (Å²) in [4.78, 5) is 18.5. The van der Waals surface area contributed by atoms with Crippen molar-refractivity contribution >= 4 is 11.9 Å². The highest BCUT2D eigenvalue weighted by molar-refractivity contribution is 5.85. The molecule has 0 bridgehead atoms. The summed E-state index contributed by atoms with van der Waals surface area (Å²) in [5.74, 6) is 0.594. The monoisotopic (exact) mass is 348 g/mol. The van der Waals surface area contributed by atoms with Crippen molar-refractivity contribution in [2.45, 2.75) is 39.2 Å². The first-order valence-corrected chi connectivity index (χ1v) is 8.79. The van der Waals surface area contributed by atoms with Crippen LogP contribution in [-0.2, 0) is 11.3 Å². The summed E-state index contributed by atoms with van der Waals surface area (Å²) in [6.45, 7) is 2.79. The van der Waals surface area contributed by atoms with Crippen LogP contribution in [0.1, 0.15) is 36.8 Å². The number of halogens is 1. The molecule has 1 aromatic rings. The Kier molecular flexibility index (Phi) is 6.39. The molecule has 25 heavy (non-hydrogen) atoms. The van der Waals surface area contributed by atoms with Crippen molar-refractivity contribution < 1.29 is 9.18 Å². The first kappa shape index (κ1) is 19.2. The number of aliphatic imine (C=N–C) groups is 1. The quantitative estimate of drug-likeness (QED) is 0.635. The molecule has 2 rings (SSSR count). The number of benzene rings is 1. The lowest BCUT2D eigenvalue weighted by molar-refractivity contribution is -0.138. The molecule has 6 heteroatoms. The minimum absolute atomic E-state index is 0.175. The van der Waals surface area contributed by atoms with Crippen LogP contribution < -0.4 is 10.6 Å². The summed E-state index contributed by atoms with van der Waals surface area (Å²) in [5.41, 5.74) is 1.14. The normalized spacial score (nSPS) is 16.6. The van der Waals surface area contributed by atoms with E-state index < -0.39 is 0 Å². The topological polar surface area (TPSA) is 56.7 Å². The first-order chi connectivity index (χ1) is 11.9. The fourth-order valence-electron chi connectivity index (χ4n) is 3.40. The molecule has 1 saturated carbocycles. The van der Waals surface area contributed by atoms with Crippen LogP contribution in [-0.4, -0.2) is 44.5 Å². The van der Waals surface area contributed by atoms with Gasteiger partial charge in [0, 0.05) is 34.2 Å². The summed E-state index contributed by atoms with van der Waals surface area (Å²) in [5, 5.41) is 6.47. The maximum absolute atomic E-state index is 13.6. The lowest BCUT2D eigenvalue weighted by Gasteiger charge is -2.31. The molecule has 0 saturated heterocycles. The number of carbonyl (C=O) groups excluding carboxylic acids is 1. The second-order valence-electron chi connectivity index (χ2n) is 7.05. The molecule has 1 aliphatic carbocycles. The summed E-state index contributed by atoms with van der Waals surface area (Å²) >= 11 is 0. The standard InChI is InChI=1S/C19H29FN4O/c1-14-7-8-15(11-16(14)20)12-22-18(21-2)23-13-19(9-5-6-10-19)17(25)24(3)4/h7-8,11H,5-6,9-10,12-13H2,1-4H3,(H2,21,22,23). The maximum atomic E-state index is 13.6. The number of hydrogen-bond donors (Lipinski definition) is 2. The molecular weight excluding hydrogens is 319 g/mol. The van der Waals surface area contributed by atoms with Crippen molar-refractivity contribution in [1.82, 2.24) is 15.5 Å². The molecule has 0 spiro atoms. The smallest absolute Gasteiger partial charge is 0.230 e. The maximum Gasteiger partial charge on any atom is 0.230 e. The Morgan fingerprint density at radius 2 is 1.96 bits per heavy atom. The lowest BCUT2D eigenvalue weighted by atomic mass is 9.84. The Morgan fingerprint density at radius 3 is 2.52 bits per heavy atom. The van der Waals surface area contributed by atoms with Gasteiger partial charge in [-0.2, -0.15) is 0 Å². The first-order valence-electron chi connectivity index (χ1n) is 8.79. The van der Waals surface area contributed by atoms with E-state index in [9.17, 15) is 9.18 Å². The Hall–Kier alpha value is -2.11. The van der Waals surface area contributed by atoms with Crippen LogP contribution in [0.5, 0.6) is 0 Å². The fourth-order valence-corrected chi connectivity index (χ4v) is 3.40. The summed E-state index contributed by atoms with van der Waals surface area (Å²) in [7, 11) is 5.31. The van der Waals surface area contributed by atoms with Gasteiger partial charge in [0.25, 0.3) is 0 Å². The van der Waals surface area contributed by atoms with Gasteiger partial charge in [-0.15, -0.1) is 0 Å². The molecule has 0 unspecified atom stereocenters. The van der Waals surface area contributed by atoms with E-state index in [2.05, 4.69) is 15.6 Å². The molecule has 0 aromatic heterocycles. The minimum atomic E-state index is -0.350. The molecule has 0 atom stereocenters. The van der Waals surface area contributed by atoms with E-state index >= 15 is 0 Å². The predicted molar refractivity (Wildman–Crippen MR) is 98.9 cm³/mol. The van der Waals surface area contributed by atoms with Gasteiger partial charge in [0.05, 0.1) is 5.41 Å². The zero-order valence-electron chi connectivity index (χ0n) is 15.7. The molecule has 1 aromatic carbocycles. The van der Waals surface area contributed by atoms with Crippen molar-refractivity contribution in [1.29, 1.82) is 0 Å². The van der Waals surface area contributed by atoms with E-state index in [0.29, 0.717) is 24.6 Å². The highest BCUT2D eigenvalue weighted by Crippen LogP contribution is 2.38. The van der Waals surface area contributed by atoms with Gasteiger partial charge >= 0.3 is 0 Å². The zero-order valence-corrected chi connectivity index (χ0v) is 15.7. The van der Waals surface area contributed by atoms with E-state index in [4.69, 9.17) is 0 Å². The second-order valence-corrected chi connectivity index (χ2v) is 7.05. The molecule has 5 nitrogen and oxygen atoms in total. The third-order valence-corrected chi connectivity index (χ3v) is 4.93. The number of aryl methyl sites for hydroxylation is 1. The average Bonchev–Trinajstić information content (AvgIpc) is 3.07. The van der Waals surface area contributed by atoms with Crippen molar-refractivity contribution in [2.75, 3.05) is 27.7 Å². The SMILES string of the molecule is CN=C(NCc1ccc(C)c(F)c1)NCC1(C(=O)N(C)C)CCCC1. The average molecular weight is 348 g/mol. The van der Waals surface area contributed by atoms with Crippen molar-refractivity contribution in [3.05, 3.63) is 35.1 Å². The van der Waals surface area contributed by atoms with Crippen molar-refractivity contribution in [3.63, 3.8) is 0 Å². The highest BCUT2D eigenvalue weighted by atomic mass is 19.1. The third-order valence-electron chi connectivity index (χ3n) is 4.93. The number of guanidine groups is 1.